The molecule has 0 heterocycles. The van der Waals surface area contributed by atoms with Crippen molar-refractivity contribution in [2.75, 3.05) is 0 Å². The van der Waals surface area contributed by atoms with Crippen LogP contribution in [0.25, 0.3) is 0 Å². The SMILES string of the molecule is CCCC(C(=O)O)c1ccc(OCc2ccccc2)cc1. The highest BCUT2D eigenvalue weighted by Crippen LogP contribution is 2.24. The molecule has 1 atom stereocenters. The van der Waals surface area contributed by atoms with Crippen molar-refractivity contribution in [2.24, 2.45) is 0 Å². The van der Waals surface area contributed by atoms with Gasteiger partial charge in [-0.25, -0.2) is 0 Å². The predicted octanol–water partition coefficient (Wildman–Crippen LogP) is 4.23. The van der Waals surface area contributed by atoms with Crippen molar-refractivity contribution in [2.45, 2.75) is 32.3 Å². The summed E-state index contributed by atoms with van der Waals surface area (Å²) in [7, 11) is 0. The summed E-state index contributed by atoms with van der Waals surface area (Å²) in [6.07, 6.45) is 1.50. The van der Waals surface area contributed by atoms with Gasteiger partial charge < -0.3 is 9.84 Å². The summed E-state index contributed by atoms with van der Waals surface area (Å²) >= 11 is 0. The first-order valence-corrected chi connectivity index (χ1v) is 7.20. The molecule has 0 bridgehead atoms. The number of hydrogen-bond acceptors (Lipinski definition) is 2. The van der Waals surface area contributed by atoms with E-state index < -0.39 is 11.9 Å². The number of carboxylic acid groups (broad SMARTS) is 1. The molecular weight excluding hydrogens is 264 g/mol. The van der Waals surface area contributed by atoms with Gasteiger partial charge in [0.1, 0.15) is 12.4 Å². The first-order valence-electron chi connectivity index (χ1n) is 7.20. The molecule has 1 N–H and O–H groups in total. The number of hydrogen-bond donors (Lipinski definition) is 1. The Morgan fingerprint density at radius 2 is 1.76 bits per heavy atom. The summed E-state index contributed by atoms with van der Waals surface area (Å²) in [6, 6.07) is 17.3. The molecule has 1 unspecified atom stereocenters. The van der Waals surface area contributed by atoms with Gasteiger partial charge in [-0.3, -0.25) is 4.79 Å². The normalized spacial score (nSPS) is 11.9. The highest BCUT2D eigenvalue weighted by atomic mass is 16.5. The molecule has 0 amide bonds. The van der Waals surface area contributed by atoms with Crippen molar-refractivity contribution in [3.63, 3.8) is 0 Å². The molecule has 0 spiro atoms. The average molecular weight is 284 g/mol. The fourth-order valence-corrected chi connectivity index (χ4v) is 2.26. The van der Waals surface area contributed by atoms with Gasteiger partial charge in [0, 0.05) is 0 Å². The summed E-state index contributed by atoms with van der Waals surface area (Å²) in [4.78, 5) is 11.3. The quantitative estimate of drug-likeness (QED) is 0.827. The molecule has 3 heteroatoms. The topological polar surface area (TPSA) is 46.5 Å². The first kappa shape index (κ1) is 15.1. The van der Waals surface area contributed by atoms with Crippen LogP contribution in [0.1, 0.15) is 36.8 Å². The third-order valence-corrected chi connectivity index (χ3v) is 3.41. The third-order valence-electron chi connectivity index (χ3n) is 3.41. The van der Waals surface area contributed by atoms with E-state index in [0.29, 0.717) is 13.0 Å². The minimum Gasteiger partial charge on any atom is -0.489 e. The Kier molecular flexibility index (Phi) is 5.38. The van der Waals surface area contributed by atoms with Crippen molar-refractivity contribution in [3.05, 3.63) is 65.7 Å². The standard InChI is InChI=1S/C18H20O3/c1-2-6-17(18(19)20)15-9-11-16(12-10-15)21-13-14-7-4-3-5-8-14/h3-5,7-12,17H,2,6,13H2,1H3,(H,19,20). The van der Waals surface area contributed by atoms with Crippen molar-refractivity contribution in [3.8, 4) is 5.75 Å². The number of aliphatic carboxylic acids is 1. The molecule has 0 saturated carbocycles. The Morgan fingerprint density at radius 3 is 2.33 bits per heavy atom. The smallest absolute Gasteiger partial charge is 0.310 e. The van der Waals surface area contributed by atoms with Gasteiger partial charge in [-0.2, -0.15) is 0 Å². The van der Waals surface area contributed by atoms with Crippen LogP contribution in [-0.4, -0.2) is 11.1 Å². The van der Waals surface area contributed by atoms with Gasteiger partial charge in [0.05, 0.1) is 5.92 Å². The molecule has 21 heavy (non-hydrogen) atoms. The summed E-state index contributed by atoms with van der Waals surface area (Å²) in [5.41, 5.74) is 1.94. The maximum Gasteiger partial charge on any atom is 0.310 e. The van der Waals surface area contributed by atoms with E-state index in [1.807, 2.05) is 61.5 Å². The molecule has 110 valence electrons. The van der Waals surface area contributed by atoms with Gasteiger partial charge in [0.2, 0.25) is 0 Å². The van der Waals surface area contributed by atoms with E-state index in [0.717, 1.165) is 23.3 Å². The van der Waals surface area contributed by atoms with Crippen LogP contribution in [0.3, 0.4) is 0 Å². The number of rotatable bonds is 7. The lowest BCUT2D eigenvalue weighted by Gasteiger charge is -2.12. The van der Waals surface area contributed by atoms with Crippen LogP contribution in [0.15, 0.2) is 54.6 Å². The molecular formula is C18H20O3. The summed E-state index contributed by atoms with van der Waals surface area (Å²) < 4.78 is 5.70. The molecule has 2 aromatic carbocycles. The number of carbonyl (C=O) groups is 1. The lowest BCUT2D eigenvalue weighted by Crippen LogP contribution is -2.11. The Hall–Kier alpha value is -2.29. The van der Waals surface area contributed by atoms with Crippen LogP contribution in [0.4, 0.5) is 0 Å². The van der Waals surface area contributed by atoms with E-state index >= 15 is 0 Å². The Morgan fingerprint density at radius 1 is 1.10 bits per heavy atom. The number of ether oxygens (including phenoxy) is 1. The molecule has 2 rings (SSSR count). The van der Waals surface area contributed by atoms with Crippen molar-refractivity contribution in [1.82, 2.24) is 0 Å². The highest BCUT2D eigenvalue weighted by Gasteiger charge is 2.18. The summed E-state index contributed by atoms with van der Waals surface area (Å²) in [5.74, 6) is -0.448. The summed E-state index contributed by atoms with van der Waals surface area (Å²) in [5, 5.41) is 9.25. The molecule has 0 aliphatic carbocycles. The fraction of sp³-hybridized carbons (Fsp3) is 0.278. The van der Waals surface area contributed by atoms with Gasteiger partial charge in [0.15, 0.2) is 0 Å². The van der Waals surface area contributed by atoms with Crippen LogP contribution < -0.4 is 4.74 Å². The van der Waals surface area contributed by atoms with Gasteiger partial charge in [-0.15, -0.1) is 0 Å². The zero-order valence-electron chi connectivity index (χ0n) is 12.2. The molecule has 0 saturated heterocycles. The van der Waals surface area contributed by atoms with Crippen LogP contribution in [0, 0.1) is 0 Å². The van der Waals surface area contributed by atoms with Crippen LogP contribution in [0.2, 0.25) is 0 Å². The number of carboxylic acids is 1. The average Bonchev–Trinajstić information content (AvgIpc) is 2.52. The van der Waals surface area contributed by atoms with Crippen LogP contribution >= 0.6 is 0 Å². The molecule has 3 nitrogen and oxygen atoms in total. The zero-order chi connectivity index (χ0) is 15.1. The van der Waals surface area contributed by atoms with Gasteiger partial charge >= 0.3 is 5.97 Å². The van der Waals surface area contributed by atoms with E-state index in [2.05, 4.69) is 0 Å². The van der Waals surface area contributed by atoms with E-state index in [1.54, 1.807) is 0 Å². The predicted molar refractivity (Wildman–Crippen MR) is 82.5 cm³/mol. The molecule has 0 radical (unpaired) electrons. The maximum absolute atomic E-state index is 11.3. The monoisotopic (exact) mass is 284 g/mol. The van der Waals surface area contributed by atoms with Crippen molar-refractivity contribution < 1.29 is 14.6 Å². The highest BCUT2D eigenvalue weighted by molar-refractivity contribution is 5.76. The second-order valence-electron chi connectivity index (χ2n) is 5.02. The van der Waals surface area contributed by atoms with Crippen molar-refractivity contribution >= 4 is 5.97 Å². The van der Waals surface area contributed by atoms with E-state index in [4.69, 9.17) is 4.74 Å². The zero-order valence-corrected chi connectivity index (χ0v) is 12.2. The molecule has 0 fully saturated rings. The Bertz CT molecular complexity index is 561. The van der Waals surface area contributed by atoms with E-state index in [9.17, 15) is 9.90 Å². The van der Waals surface area contributed by atoms with Gasteiger partial charge in [0.25, 0.3) is 0 Å². The van der Waals surface area contributed by atoms with Crippen molar-refractivity contribution in [1.29, 1.82) is 0 Å². The lowest BCUT2D eigenvalue weighted by molar-refractivity contribution is -0.139. The number of benzene rings is 2. The van der Waals surface area contributed by atoms with Crippen LogP contribution in [-0.2, 0) is 11.4 Å². The minimum atomic E-state index is -0.769. The maximum atomic E-state index is 11.3. The molecule has 2 aromatic rings. The Balaban J connectivity index is 1.99. The van der Waals surface area contributed by atoms with Crippen LogP contribution in [0.5, 0.6) is 5.75 Å². The first-order chi connectivity index (χ1) is 10.2. The summed E-state index contributed by atoms with van der Waals surface area (Å²) in [6.45, 7) is 2.50. The third kappa shape index (κ3) is 4.35. The minimum absolute atomic E-state index is 0.432. The molecule has 0 aromatic heterocycles. The largest absolute Gasteiger partial charge is 0.489 e. The lowest BCUT2D eigenvalue weighted by atomic mass is 9.95. The fourth-order valence-electron chi connectivity index (χ4n) is 2.26. The van der Waals surface area contributed by atoms with Gasteiger partial charge in [-0.05, 0) is 29.7 Å². The van der Waals surface area contributed by atoms with E-state index in [1.165, 1.54) is 0 Å². The molecule has 0 aliphatic heterocycles. The second kappa shape index (κ2) is 7.48. The second-order valence-corrected chi connectivity index (χ2v) is 5.02. The molecule has 0 aliphatic rings. The van der Waals surface area contributed by atoms with Gasteiger partial charge in [-0.1, -0.05) is 55.8 Å². The van der Waals surface area contributed by atoms with E-state index in [-0.39, 0.29) is 0 Å². The Labute approximate surface area is 125 Å².